The van der Waals surface area contributed by atoms with Crippen LogP contribution in [0.25, 0.3) is 0 Å². The van der Waals surface area contributed by atoms with Gasteiger partial charge >= 0.3 is 0 Å². The van der Waals surface area contributed by atoms with Crippen molar-refractivity contribution >= 4 is 58.9 Å². The normalized spacial score (nSPS) is 31.4. The Hall–Kier alpha value is -0.960. The number of likely N-dealkylation sites (tertiary alicyclic amines) is 1. The summed E-state index contributed by atoms with van der Waals surface area (Å²) in [4.78, 5) is 30.0. The van der Waals surface area contributed by atoms with E-state index in [0.29, 0.717) is 6.54 Å². The van der Waals surface area contributed by atoms with Gasteiger partial charge in [-0.3, -0.25) is 14.5 Å². The zero-order valence-corrected chi connectivity index (χ0v) is 22.7. The molecule has 0 N–H and O–H groups in total. The molecule has 2 aliphatic carbocycles. The lowest BCUT2D eigenvalue weighted by Gasteiger charge is -2.26. The minimum Gasteiger partial charge on any atom is -0.497 e. The summed E-state index contributed by atoms with van der Waals surface area (Å²) < 4.78 is 8.08. The number of hydrogen-bond donors (Lipinski definition) is 0. The fourth-order valence-corrected chi connectivity index (χ4v) is 11.6. The average Bonchev–Trinajstić information content (AvgIpc) is 3.44. The molecule has 0 radical (unpaired) electrons. The predicted octanol–water partition coefficient (Wildman–Crippen LogP) is 6.29. The van der Waals surface area contributed by atoms with Gasteiger partial charge in [-0.2, -0.15) is 0 Å². The highest BCUT2D eigenvalue weighted by Gasteiger charge is 2.75. The lowest BCUT2D eigenvalue weighted by Crippen LogP contribution is -2.35. The van der Waals surface area contributed by atoms with Gasteiger partial charge in [-0.25, -0.2) is 0 Å². The summed E-state index contributed by atoms with van der Waals surface area (Å²) in [5, 5.41) is 0. The van der Waals surface area contributed by atoms with E-state index < -0.39 is 10.8 Å². The Morgan fingerprint density at radius 3 is 1.62 bits per heavy atom. The standard InChI is InChI=1S/C26H29NO3S4/c1-30-20-6-4-17(5-7-20)16-27-23(28)25-12-18(21-31-8-2-9-32-21)13-26(25,24(27)29)15-19(14-25)22-33-10-3-11-34-22/h4-7H,2-3,8-16H2,1H3. The highest BCUT2D eigenvalue weighted by molar-refractivity contribution is 8.23. The molecule has 34 heavy (non-hydrogen) atoms. The zero-order chi connectivity index (χ0) is 23.3. The van der Waals surface area contributed by atoms with Gasteiger partial charge in [0.25, 0.3) is 0 Å². The van der Waals surface area contributed by atoms with Gasteiger partial charge in [0, 0.05) is 8.47 Å². The minimum atomic E-state index is -0.585. The molecule has 3 saturated heterocycles. The SMILES string of the molecule is COc1ccc(CN2C(=O)C34CC(=C5SCCCS5)CC3(CC(=C3SCCCS3)C4)C2=O)cc1. The van der Waals surface area contributed by atoms with Crippen LogP contribution >= 0.6 is 47.0 Å². The number of benzene rings is 1. The third kappa shape index (κ3) is 3.61. The first-order valence-corrected chi connectivity index (χ1v) is 16.0. The van der Waals surface area contributed by atoms with Gasteiger partial charge in [0.15, 0.2) is 0 Å². The third-order valence-electron chi connectivity index (χ3n) is 7.87. The van der Waals surface area contributed by atoms with Gasteiger partial charge in [0.2, 0.25) is 11.8 Å². The van der Waals surface area contributed by atoms with Gasteiger partial charge in [0.1, 0.15) is 5.75 Å². The number of thioether (sulfide) groups is 4. The molecule has 0 spiro atoms. The van der Waals surface area contributed by atoms with Crippen LogP contribution in [0.3, 0.4) is 0 Å². The van der Waals surface area contributed by atoms with Crippen LogP contribution in [0.15, 0.2) is 43.9 Å². The molecule has 4 nitrogen and oxygen atoms in total. The molecular weight excluding hydrogens is 503 g/mol. The van der Waals surface area contributed by atoms with E-state index in [0.717, 1.165) is 60.0 Å². The van der Waals surface area contributed by atoms with Gasteiger partial charge in [-0.1, -0.05) is 12.1 Å². The molecule has 8 heteroatoms. The van der Waals surface area contributed by atoms with Crippen molar-refractivity contribution in [2.75, 3.05) is 30.1 Å². The summed E-state index contributed by atoms with van der Waals surface area (Å²) in [5.41, 5.74) is 2.57. The molecule has 2 saturated carbocycles. The Bertz CT molecular complexity index is 1000. The van der Waals surface area contributed by atoms with Crippen molar-refractivity contribution in [3.05, 3.63) is 49.4 Å². The second kappa shape index (κ2) is 9.16. The third-order valence-corrected chi connectivity index (χ3v) is 13.5. The molecule has 6 rings (SSSR count). The van der Waals surface area contributed by atoms with Crippen molar-refractivity contribution in [1.29, 1.82) is 0 Å². The largest absolute Gasteiger partial charge is 0.497 e. The quantitative estimate of drug-likeness (QED) is 0.425. The van der Waals surface area contributed by atoms with Crippen LogP contribution in [0.4, 0.5) is 0 Å². The van der Waals surface area contributed by atoms with Crippen molar-refractivity contribution in [2.45, 2.75) is 45.1 Å². The summed E-state index contributed by atoms with van der Waals surface area (Å²) in [6.07, 6.45) is 5.52. The van der Waals surface area contributed by atoms with Gasteiger partial charge in [-0.05, 0) is 90.4 Å². The monoisotopic (exact) mass is 531 g/mol. The summed E-state index contributed by atoms with van der Waals surface area (Å²) >= 11 is 7.77. The summed E-state index contributed by atoms with van der Waals surface area (Å²) in [6.45, 7) is 0.357. The van der Waals surface area contributed by atoms with E-state index in [1.54, 1.807) is 12.0 Å². The maximum Gasteiger partial charge on any atom is 0.237 e. The molecule has 5 aliphatic rings. The molecule has 3 aliphatic heterocycles. The van der Waals surface area contributed by atoms with E-state index in [1.807, 2.05) is 71.3 Å². The van der Waals surface area contributed by atoms with Crippen molar-refractivity contribution in [3.8, 4) is 5.75 Å². The first kappa shape index (κ1) is 23.4. The van der Waals surface area contributed by atoms with Gasteiger partial charge in [-0.15, -0.1) is 47.0 Å². The Balaban J connectivity index is 1.36. The first-order valence-electron chi connectivity index (χ1n) is 12.0. The number of imide groups is 1. The van der Waals surface area contributed by atoms with E-state index in [4.69, 9.17) is 4.74 Å². The first-order chi connectivity index (χ1) is 16.6. The van der Waals surface area contributed by atoms with Crippen LogP contribution in [0.1, 0.15) is 44.1 Å². The number of methoxy groups -OCH3 is 1. The summed E-state index contributed by atoms with van der Waals surface area (Å²) in [7, 11) is 1.65. The van der Waals surface area contributed by atoms with Crippen LogP contribution in [-0.2, 0) is 16.1 Å². The highest BCUT2D eigenvalue weighted by Crippen LogP contribution is 2.72. The van der Waals surface area contributed by atoms with E-state index in [9.17, 15) is 9.59 Å². The highest BCUT2D eigenvalue weighted by atomic mass is 32.2. The van der Waals surface area contributed by atoms with Crippen molar-refractivity contribution in [2.24, 2.45) is 10.8 Å². The van der Waals surface area contributed by atoms with E-state index >= 15 is 0 Å². The maximum atomic E-state index is 14.2. The Morgan fingerprint density at radius 2 is 1.21 bits per heavy atom. The van der Waals surface area contributed by atoms with Crippen LogP contribution in [0.5, 0.6) is 5.75 Å². The van der Waals surface area contributed by atoms with Crippen LogP contribution in [0.2, 0.25) is 0 Å². The molecule has 3 heterocycles. The summed E-state index contributed by atoms with van der Waals surface area (Å²) in [5.74, 6) is 5.53. The lowest BCUT2D eigenvalue weighted by molar-refractivity contribution is -0.143. The minimum absolute atomic E-state index is 0.0659. The Labute approximate surface area is 218 Å². The smallest absolute Gasteiger partial charge is 0.237 e. The van der Waals surface area contributed by atoms with E-state index in [1.165, 1.54) is 32.5 Å². The van der Waals surface area contributed by atoms with Crippen molar-refractivity contribution in [1.82, 2.24) is 4.90 Å². The second-order valence-electron chi connectivity index (χ2n) is 9.80. The van der Waals surface area contributed by atoms with E-state index in [2.05, 4.69) is 0 Å². The molecule has 5 fully saturated rings. The van der Waals surface area contributed by atoms with Crippen molar-refractivity contribution < 1.29 is 14.3 Å². The number of carbonyl (C=O) groups excluding carboxylic acids is 2. The number of carbonyl (C=O) groups is 2. The second-order valence-corrected chi connectivity index (χ2v) is 14.7. The fraction of sp³-hybridized carbons (Fsp3) is 0.538. The number of amides is 2. The molecule has 1 aromatic rings. The molecule has 0 unspecified atom stereocenters. The zero-order valence-electron chi connectivity index (χ0n) is 19.4. The average molecular weight is 532 g/mol. The topological polar surface area (TPSA) is 46.6 Å². The Morgan fingerprint density at radius 1 is 0.765 bits per heavy atom. The van der Waals surface area contributed by atoms with Gasteiger partial charge in [0.05, 0.1) is 24.5 Å². The van der Waals surface area contributed by atoms with Gasteiger partial charge < -0.3 is 4.74 Å². The molecule has 1 aromatic carbocycles. The summed E-state index contributed by atoms with van der Waals surface area (Å²) in [6, 6.07) is 7.73. The molecule has 0 atom stereocenters. The molecule has 180 valence electrons. The number of rotatable bonds is 3. The van der Waals surface area contributed by atoms with Crippen LogP contribution < -0.4 is 4.74 Å². The maximum absolute atomic E-state index is 14.2. The number of hydrogen-bond acceptors (Lipinski definition) is 7. The lowest BCUT2D eigenvalue weighted by atomic mass is 9.70. The molecule has 2 amide bonds. The number of ether oxygens (including phenoxy) is 1. The van der Waals surface area contributed by atoms with Crippen molar-refractivity contribution in [3.63, 3.8) is 0 Å². The Kier molecular flexibility index (Phi) is 6.32. The number of nitrogens with zero attached hydrogens (tertiary/aromatic N) is 1. The van der Waals surface area contributed by atoms with E-state index in [-0.39, 0.29) is 11.8 Å². The van der Waals surface area contributed by atoms with Crippen LogP contribution in [0, 0.1) is 10.8 Å². The molecule has 0 bridgehead atoms. The number of allylic oxidation sites excluding steroid dienone is 2. The van der Waals surface area contributed by atoms with Crippen LogP contribution in [-0.4, -0.2) is 46.8 Å². The fourth-order valence-electron chi connectivity index (χ4n) is 6.32. The molecular formula is C26H29NO3S4. The predicted molar refractivity (Wildman–Crippen MR) is 145 cm³/mol. The molecule has 0 aromatic heterocycles.